The maximum atomic E-state index is 12.7. The molecule has 0 aliphatic carbocycles. The van der Waals surface area contributed by atoms with E-state index in [1.165, 1.54) is 4.40 Å². The predicted molar refractivity (Wildman–Crippen MR) is 78.4 cm³/mol. The molecule has 21 heavy (non-hydrogen) atoms. The first-order valence-electron chi connectivity index (χ1n) is 6.72. The van der Waals surface area contributed by atoms with E-state index >= 15 is 0 Å². The van der Waals surface area contributed by atoms with Gasteiger partial charge < -0.3 is 10.5 Å². The van der Waals surface area contributed by atoms with Gasteiger partial charge in [0.15, 0.2) is 10.8 Å². The van der Waals surface area contributed by atoms with Gasteiger partial charge in [-0.15, -0.1) is 0 Å². The van der Waals surface area contributed by atoms with Crippen molar-refractivity contribution in [1.82, 2.24) is 14.1 Å². The summed E-state index contributed by atoms with van der Waals surface area (Å²) in [6.07, 6.45) is 2.04. The van der Waals surface area contributed by atoms with Crippen LogP contribution in [0.2, 0.25) is 0 Å². The highest BCUT2D eigenvalue weighted by Gasteiger charge is 2.41. The number of nitrogen functional groups attached to an aromatic ring is 1. The van der Waals surface area contributed by atoms with E-state index in [9.17, 15) is 8.42 Å². The Morgan fingerprint density at radius 3 is 2.95 bits per heavy atom. The second-order valence-electron chi connectivity index (χ2n) is 5.52. The molecule has 2 unspecified atom stereocenters. The van der Waals surface area contributed by atoms with Crippen molar-refractivity contribution in [2.45, 2.75) is 36.9 Å². The van der Waals surface area contributed by atoms with E-state index in [-0.39, 0.29) is 16.9 Å². The monoisotopic (exact) mass is 310 g/mol. The summed E-state index contributed by atoms with van der Waals surface area (Å²) in [5, 5.41) is -0.0292. The maximum absolute atomic E-state index is 12.7. The van der Waals surface area contributed by atoms with Gasteiger partial charge in [0.1, 0.15) is 5.65 Å². The summed E-state index contributed by atoms with van der Waals surface area (Å²) in [6.45, 7) is 4.22. The number of hydrogen-bond acceptors (Lipinski definition) is 5. The SMILES string of the molecule is CC1OCCC1(C)NS(=O)(=O)c1c(N)nc2ccccn12. The highest BCUT2D eigenvalue weighted by Crippen LogP contribution is 2.29. The Balaban J connectivity index is 2.07. The number of rotatable bonds is 3. The Morgan fingerprint density at radius 2 is 2.29 bits per heavy atom. The zero-order valence-electron chi connectivity index (χ0n) is 11.9. The molecule has 2 atom stereocenters. The van der Waals surface area contributed by atoms with Gasteiger partial charge in [-0.05, 0) is 32.4 Å². The lowest BCUT2D eigenvalue weighted by molar-refractivity contribution is 0.0957. The van der Waals surface area contributed by atoms with Crippen molar-refractivity contribution in [2.75, 3.05) is 12.3 Å². The fraction of sp³-hybridized carbons (Fsp3) is 0.462. The summed E-state index contributed by atoms with van der Waals surface area (Å²) in [4.78, 5) is 4.09. The molecule has 0 saturated carbocycles. The van der Waals surface area contributed by atoms with Gasteiger partial charge in [-0.3, -0.25) is 4.40 Å². The second-order valence-corrected chi connectivity index (χ2v) is 7.11. The van der Waals surface area contributed by atoms with Gasteiger partial charge in [0.05, 0.1) is 11.6 Å². The molecular formula is C13H18N4O3S. The van der Waals surface area contributed by atoms with Gasteiger partial charge in [0, 0.05) is 12.8 Å². The summed E-state index contributed by atoms with van der Waals surface area (Å²) < 4.78 is 35.1. The maximum Gasteiger partial charge on any atom is 0.260 e. The van der Waals surface area contributed by atoms with Gasteiger partial charge in [-0.1, -0.05) is 6.07 Å². The molecule has 1 aliphatic heterocycles. The molecule has 2 aromatic rings. The molecule has 0 radical (unpaired) electrons. The Hall–Kier alpha value is -1.64. The summed E-state index contributed by atoms with van der Waals surface area (Å²) >= 11 is 0. The summed E-state index contributed by atoms with van der Waals surface area (Å²) in [6, 6.07) is 5.22. The average molecular weight is 310 g/mol. The van der Waals surface area contributed by atoms with Crippen LogP contribution in [0.1, 0.15) is 20.3 Å². The first-order valence-corrected chi connectivity index (χ1v) is 8.20. The number of hydrogen-bond donors (Lipinski definition) is 2. The first-order chi connectivity index (χ1) is 9.83. The van der Waals surface area contributed by atoms with Crippen LogP contribution in [0, 0.1) is 0 Å². The van der Waals surface area contributed by atoms with Crippen LogP contribution >= 0.6 is 0 Å². The van der Waals surface area contributed by atoms with Crippen LogP contribution in [-0.2, 0) is 14.8 Å². The minimum Gasteiger partial charge on any atom is -0.381 e. The molecule has 1 fully saturated rings. The number of ether oxygens (including phenoxy) is 1. The third-order valence-corrected chi connectivity index (χ3v) is 5.67. The van der Waals surface area contributed by atoms with E-state index in [0.717, 1.165) is 0 Å². The molecule has 3 heterocycles. The van der Waals surface area contributed by atoms with Crippen molar-refractivity contribution in [3.8, 4) is 0 Å². The summed E-state index contributed by atoms with van der Waals surface area (Å²) in [7, 11) is -3.80. The van der Waals surface area contributed by atoms with Gasteiger partial charge >= 0.3 is 0 Å². The Labute approximate surface area is 123 Å². The summed E-state index contributed by atoms with van der Waals surface area (Å²) in [5.41, 5.74) is 5.66. The smallest absolute Gasteiger partial charge is 0.260 e. The van der Waals surface area contributed by atoms with E-state index in [0.29, 0.717) is 18.7 Å². The Bertz CT molecular complexity index is 786. The molecule has 114 valence electrons. The second kappa shape index (κ2) is 4.69. The minimum absolute atomic E-state index is 0.0103. The summed E-state index contributed by atoms with van der Waals surface area (Å²) in [5.74, 6) is -0.0103. The van der Waals surface area contributed by atoms with E-state index < -0.39 is 15.6 Å². The minimum atomic E-state index is -3.80. The number of imidazole rings is 1. The number of nitrogens with two attached hydrogens (primary N) is 1. The number of nitrogens with zero attached hydrogens (tertiary/aromatic N) is 2. The highest BCUT2D eigenvalue weighted by atomic mass is 32.2. The third kappa shape index (κ3) is 2.29. The van der Waals surface area contributed by atoms with E-state index in [4.69, 9.17) is 10.5 Å². The molecule has 7 nitrogen and oxygen atoms in total. The van der Waals surface area contributed by atoms with Crippen LogP contribution in [0.15, 0.2) is 29.4 Å². The van der Waals surface area contributed by atoms with Crippen LogP contribution in [0.5, 0.6) is 0 Å². The van der Waals surface area contributed by atoms with Gasteiger partial charge in [0.25, 0.3) is 10.0 Å². The molecule has 0 aromatic carbocycles. The van der Waals surface area contributed by atoms with Crippen LogP contribution in [0.4, 0.5) is 5.82 Å². The Morgan fingerprint density at radius 1 is 1.52 bits per heavy atom. The fourth-order valence-corrected chi connectivity index (χ4v) is 4.30. The molecule has 0 bridgehead atoms. The average Bonchev–Trinajstić information content (AvgIpc) is 2.89. The Kier molecular flexibility index (Phi) is 3.19. The topological polar surface area (TPSA) is 98.7 Å². The van der Waals surface area contributed by atoms with Crippen molar-refractivity contribution in [1.29, 1.82) is 0 Å². The quantitative estimate of drug-likeness (QED) is 0.872. The third-order valence-electron chi connectivity index (χ3n) is 4.02. The molecular weight excluding hydrogens is 292 g/mol. The molecule has 3 rings (SSSR count). The number of aromatic nitrogens is 2. The molecule has 8 heteroatoms. The number of fused-ring (bicyclic) bond motifs is 1. The van der Waals surface area contributed by atoms with Gasteiger partial charge in [0.2, 0.25) is 0 Å². The zero-order valence-corrected chi connectivity index (χ0v) is 12.7. The van der Waals surface area contributed by atoms with Crippen LogP contribution in [0.3, 0.4) is 0 Å². The van der Waals surface area contributed by atoms with Crippen LogP contribution in [-0.4, -0.2) is 36.1 Å². The lowest BCUT2D eigenvalue weighted by Crippen LogP contribution is -2.50. The van der Waals surface area contributed by atoms with Gasteiger partial charge in [-0.25, -0.2) is 18.1 Å². The van der Waals surface area contributed by atoms with Crippen LogP contribution in [0.25, 0.3) is 5.65 Å². The molecule has 2 aromatic heterocycles. The molecule has 3 N–H and O–H groups in total. The molecule has 0 amide bonds. The molecule has 1 aliphatic rings. The largest absolute Gasteiger partial charge is 0.381 e. The standard InChI is InChI=1S/C13H18N4O3S/c1-9-13(2,6-8-20-9)16-21(18,19)12-11(14)15-10-5-3-4-7-17(10)12/h3-5,7,9,16H,6,8,14H2,1-2H3. The molecule has 0 spiro atoms. The van der Waals surface area contributed by atoms with E-state index in [1.807, 2.05) is 13.8 Å². The van der Waals surface area contributed by atoms with Gasteiger partial charge in [-0.2, -0.15) is 0 Å². The zero-order chi connectivity index (χ0) is 15.3. The lowest BCUT2D eigenvalue weighted by atomic mass is 9.97. The number of pyridine rings is 1. The van der Waals surface area contributed by atoms with E-state index in [2.05, 4.69) is 9.71 Å². The van der Waals surface area contributed by atoms with Crippen molar-refractivity contribution in [3.63, 3.8) is 0 Å². The van der Waals surface area contributed by atoms with Crippen molar-refractivity contribution in [3.05, 3.63) is 24.4 Å². The number of sulfonamides is 1. The normalized spacial score (nSPS) is 26.5. The predicted octanol–water partition coefficient (Wildman–Crippen LogP) is 0.762. The van der Waals surface area contributed by atoms with E-state index in [1.54, 1.807) is 24.4 Å². The first kappa shape index (κ1) is 14.3. The number of nitrogens with one attached hydrogen (secondary N) is 1. The van der Waals surface area contributed by atoms with Crippen molar-refractivity contribution in [2.24, 2.45) is 0 Å². The highest BCUT2D eigenvalue weighted by molar-refractivity contribution is 7.89. The van der Waals surface area contributed by atoms with Crippen molar-refractivity contribution >= 4 is 21.5 Å². The molecule has 1 saturated heterocycles. The number of anilines is 1. The van der Waals surface area contributed by atoms with Crippen molar-refractivity contribution < 1.29 is 13.2 Å². The lowest BCUT2D eigenvalue weighted by Gasteiger charge is -2.28. The fourth-order valence-electron chi connectivity index (χ4n) is 2.58. The van der Waals surface area contributed by atoms with Crippen LogP contribution < -0.4 is 10.5 Å².